The van der Waals surface area contributed by atoms with Crippen LogP contribution in [0.3, 0.4) is 0 Å². The molecule has 0 unspecified atom stereocenters. The van der Waals surface area contributed by atoms with E-state index in [0.717, 1.165) is 12.3 Å². The number of nitrogens with zero attached hydrogens (tertiary/aromatic N) is 3. The van der Waals surface area contributed by atoms with Gasteiger partial charge in [-0.3, -0.25) is 9.78 Å². The molecular formula is C13H12F3N5O4S. The van der Waals surface area contributed by atoms with Crippen molar-refractivity contribution in [1.82, 2.24) is 14.7 Å². The number of anilines is 2. The number of hydrogen-bond acceptors (Lipinski definition) is 7. The summed E-state index contributed by atoms with van der Waals surface area (Å²) in [5.74, 6) is -2.86. The van der Waals surface area contributed by atoms with Gasteiger partial charge in [0.1, 0.15) is 29.3 Å². The molecule has 0 aliphatic carbocycles. The van der Waals surface area contributed by atoms with Crippen molar-refractivity contribution in [3.63, 3.8) is 0 Å². The molecule has 0 bridgehead atoms. The van der Waals surface area contributed by atoms with E-state index in [-0.39, 0.29) is 17.9 Å². The van der Waals surface area contributed by atoms with Crippen molar-refractivity contribution in [2.75, 3.05) is 22.7 Å². The van der Waals surface area contributed by atoms with Crippen LogP contribution in [0.15, 0.2) is 12.3 Å². The van der Waals surface area contributed by atoms with Crippen molar-refractivity contribution >= 4 is 38.7 Å². The monoisotopic (exact) mass is 391 g/mol. The summed E-state index contributed by atoms with van der Waals surface area (Å²) in [6, 6.07) is 0.988. The van der Waals surface area contributed by atoms with Crippen LogP contribution in [0.2, 0.25) is 0 Å². The third kappa shape index (κ3) is 3.29. The molecule has 0 atom stereocenters. The number of aromatic hydroxyl groups is 1. The number of carbonyl (C=O) groups excluding carboxylic acids is 1. The molecular weight excluding hydrogens is 379 g/mol. The van der Waals surface area contributed by atoms with Gasteiger partial charge in [0, 0.05) is 19.0 Å². The van der Waals surface area contributed by atoms with Crippen LogP contribution in [-0.4, -0.2) is 48.9 Å². The fraction of sp³-hybridized carbons (Fsp3) is 0.308. The first-order valence-corrected chi connectivity index (χ1v) is 8.66. The van der Waals surface area contributed by atoms with Crippen LogP contribution < -0.4 is 14.3 Å². The van der Waals surface area contributed by atoms with E-state index < -0.39 is 58.3 Å². The molecule has 140 valence electrons. The molecule has 1 aromatic carbocycles. The zero-order valence-electron chi connectivity index (χ0n) is 12.9. The molecule has 1 aromatic heterocycles. The Kier molecular flexibility index (Phi) is 4.48. The lowest BCUT2D eigenvalue weighted by Crippen LogP contribution is -2.30. The molecule has 1 aliphatic heterocycles. The standard InChI is InChI=1S/C13H12F3N5O4S/c14-8(15)1-2-17-9-4-18-6-3-7(22)13(11(16)12(6)19-9)21-5-10(23)20-26(21,24)25/h3-4,8,22H,1-2,5H2,(H,17,19)(H,20,23). The zero-order chi connectivity index (χ0) is 19.1. The number of hydrogen-bond donors (Lipinski definition) is 3. The van der Waals surface area contributed by atoms with Gasteiger partial charge in [-0.2, -0.15) is 8.42 Å². The number of rotatable bonds is 5. The highest BCUT2D eigenvalue weighted by molar-refractivity contribution is 7.92. The Hall–Kier alpha value is -2.83. The van der Waals surface area contributed by atoms with E-state index >= 15 is 0 Å². The number of phenolic OH excluding ortho intramolecular Hbond substituents is 1. The first-order valence-electron chi connectivity index (χ1n) is 7.22. The van der Waals surface area contributed by atoms with Crippen molar-refractivity contribution < 1.29 is 31.5 Å². The minimum absolute atomic E-state index is 0.00725. The van der Waals surface area contributed by atoms with Crippen molar-refractivity contribution in [3.8, 4) is 5.75 Å². The molecule has 2 aromatic rings. The van der Waals surface area contributed by atoms with Crippen LogP contribution in [0.5, 0.6) is 5.75 Å². The molecule has 1 fully saturated rings. The van der Waals surface area contributed by atoms with Gasteiger partial charge in [-0.05, 0) is 0 Å². The average molecular weight is 391 g/mol. The lowest BCUT2D eigenvalue weighted by atomic mass is 10.2. The predicted octanol–water partition coefficient (Wildman–Crippen LogP) is 0.723. The molecule has 0 saturated carbocycles. The minimum Gasteiger partial charge on any atom is -0.506 e. The molecule has 3 N–H and O–H groups in total. The molecule has 1 amide bonds. The molecule has 26 heavy (non-hydrogen) atoms. The lowest BCUT2D eigenvalue weighted by Gasteiger charge is -2.17. The summed E-state index contributed by atoms with van der Waals surface area (Å²) >= 11 is 0. The van der Waals surface area contributed by atoms with Gasteiger partial charge < -0.3 is 10.4 Å². The maximum Gasteiger partial charge on any atom is 0.326 e. The second-order valence-corrected chi connectivity index (χ2v) is 6.92. The van der Waals surface area contributed by atoms with Crippen LogP contribution in [0, 0.1) is 5.82 Å². The summed E-state index contributed by atoms with van der Waals surface area (Å²) in [6.45, 7) is -0.846. The Morgan fingerprint density at radius 2 is 2.15 bits per heavy atom. The number of alkyl halides is 2. The predicted molar refractivity (Wildman–Crippen MR) is 84.7 cm³/mol. The van der Waals surface area contributed by atoms with E-state index in [2.05, 4.69) is 15.3 Å². The Bertz CT molecular complexity index is 985. The number of carbonyl (C=O) groups is 1. The van der Waals surface area contributed by atoms with E-state index in [1.54, 1.807) is 4.72 Å². The van der Waals surface area contributed by atoms with Gasteiger partial charge in [0.15, 0.2) is 5.82 Å². The number of nitrogens with one attached hydrogen (secondary N) is 2. The molecule has 1 aliphatic rings. The van der Waals surface area contributed by atoms with E-state index in [0.29, 0.717) is 4.31 Å². The number of phenols is 1. The summed E-state index contributed by atoms with van der Waals surface area (Å²) in [5.41, 5.74) is -1.23. The fourth-order valence-electron chi connectivity index (χ4n) is 2.37. The van der Waals surface area contributed by atoms with Crippen molar-refractivity contribution in [2.24, 2.45) is 0 Å². The first kappa shape index (κ1) is 18.0. The SMILES string of the molecule is O=C1CN(c2c(O)cc3ncc(NCCC(F)F)nc3c2F)S(=O)(=O)N1. The molecule has 1 saturated heterocycles. The lowest BCUT2D eigenvalue weighted by molar-refractivity contribution is -0.117. The second-order valence-electron chi connectivity index (χ2n) is 5.32. The average Bonchev–Trinajstić information content (AvgIpc) is 2.80. The van der Waals surface area contributed by atoms with Crippen molar-refractivity contribution in [2.45, 2.75) is 12.8 Å². The maximum atomic E-state index is 14.8. The summed E-state index contributed by atoms with van der Waals surface area (Å²) in [5, 5.41) is 12.5. The Balaban J connectivity index is 2.04. The first-order chi connectivity index (χ1) is 12.2. The van der Waals surface area contributed by atoms with Gasteiger partial charge in [-0.1, -0.05) is 0 Å². The quantitative estimate of drug-likeness (QED) is 0.686. The summed E-state index contributed by atoms with van der Waals surface area (Å²) in [4.78, 5) is 19.1. The number of benzene rings is 1. The Morgan fingerprint density at radius 3 is 2.77 bits per heavy atom. The van der Waals surface area contributed by atoms with Gasteiger partial charge in [0.05, 0.1) is 11.7 Å². The van der Waals surface area contributed by atoms with Gasteiger partial charge in [-0.25, -0.2) is 27.2 Å². The molecule has 0 radical (unpaired) electrons. The van der Waals surface area contributed by atoms with Crippen LogP contribution in [0.4, 0.5) is 24.7 Å². The van der Waals surface area contributed by atoms with Crippen molar-refractivity contribution in [3.05, 3.63) is 18.1 Å². The zero-order valence-corrected chi connectivity index (χ0v) is 13.7. The summed E-state index contributed by atoms with van der Waals surface area (Å²) < 4.78 is 65.0. The molecule has 13 heteroatoms. The summed E-state index contributed by atoms with van der Waals surface area (Å²) in [6.07, 6.45) is -1.83. The Labute approximate surface area is 145 Å². The Morgan fingerprint density at radius 1 is 1.42 bits per heavy atom. The highest BCUT2D eigenvalue weighted by atomic mass is 32.2. The highest BCUT2D eigenvalue weighted by Crippen LogP contribution is 2.37. The van der Waals surface area contributed by atoms with E-state index in [1.165, 1.54) is 0 Å². The van der Waals surface area contributed by atoms with E-state index in [9.17, 15) is 31.5 Å². The van der Waals surface area contributed by atoms with Crippen LogP contribution in [0.25, 0.3) is 11.0 Å². The molecule has 3 rings (SSSR count). The van der Waals surface area contributed by atoms with Crippen LogP contribution in [-0.2, 0) is 15.0 Å². The highest BCUT2D eigenvalue weighted by Gasteiger charge is 2.38. The van der Waals surface area contributed by atoms with Crippen LogP contribution in [0.1, 0.15) is 6.42 Å². The van der Waals surface area contributed by atoms with E-state index in [4.69, 9.17) is 0 Å². The van der Waals surface area contributed by atoms with Gasteiger partial charge in [0.2, 0.25) is 6.43 Å². The largest absolute Gasteiger partial charge is 0.506 e. The normalized spacial score (nSPS) is 16.3. The number of fused-ring (bicyclic) bond motifs is 1. The topological polar surface area (TPSA) is 125 Å². The number of halogens is 3. The number of amides is 1. The van der Waals surface area contributed by atoms with Gasteiger partial charge >= 0.3 is 10.2 Å². The van der Waals surface area contributed by atoms with Gasteiger partial charge in [0.25, 0.3) is 5.91 Å². The fourth-order valence-corrected chi connectivity index (χ4v) is 3.53. The molecule has 2 heterocycles. The van der Waals surface area contributed by atoms with Gasteiger partial charge in [-0.15, -0.1) is 0 Å². The molecule has 9 nitrogen and oxygen atoms in total. The maximum absolute atomic E-state index is 14.8. The van der Waals surface area contributed by atoms with Crippen molar-refractivity contribution in [1.29, 1.82) is 0 Å². The molecule has 0 spiro atoms. The minimum atomic E-state index is -4.35. The third-order valence-electron chi connectivity index (χ3n) is 3.47. The third-order valence-corrected chi connectivity index (χ3v) is 4.85. The number of aromatic nitrogens is 2. The van der Waals surface area contributed by atoms with E-state index in [1.807, 2.05) is 0 Å². The summed E-state index contributed by atoms with van der Waals surface area (Å²) in [7, 11) is -4.35. The van der Waals surface area contributed by atoms with Crippen LogP contribution >= 0.6 is 0 Å². The smallest absolute Gasteiger partial charge is 0.326 e. The second kappa shape index (κ2) is 6.48.